The van der Waals surface area contributed by atoms with Gasteiger partial charge in [0.1, 0.15) is 0 Å². The molecule has 2 unspecified atom stereocenters. The highest BCUT2D eigenvalue weighted by molar-refractivity contribution is 6.30. The first-order valence-electron chi connectivity index (χ1n) is 5.95. The maximum Gasteiger partial charge on any atom is 0.0409 e. The van der Waals surface area contributed by atoms with Crippen LogP contribution in [0.5, 0.6) is 0 Å². The van der Waals surface area contributed by atoms with Crippen LogP contribution in [-0.2, 0) is 0 Å². The topological polar surface area (TPSA) is 29.3 Å². The van der Waals surface area contributed by atoms with Crippen LogP contribution in [-0.4, -0.2) is 24.0 Å². The fourth-order valence-electron chi connectivity index (χ4n) is 2.48. The third kappa shape index (κ3) is 2.57. The highest BCUT2D eigenvalue weighted by Crippen LogP contribution is 2.31. The van der Waals surface area contributed by atoms with Gasteiger partial charge in [-0.15, -0.1) is 0 Å². The summed E-state index contributed by atoms with van der Waals surface area (Å²) in [5.41, 5.74) is 7.35. The Kier molecular flexibility index (Phi) is 3.85. The van der Waals surface area contributed by atoms with Gasteiger partial charge in [0.05, 0.1) is 0 Å². The fraction of sp³-hybridized carbons (Fsp3) is 0.538. The maximum atomic E-state index is 6.06. The molecule has 0 saturated carbocycles. The standard InChI is InChI=1S/C13H19ClN2/c1-2-16-7-6-12(15)9-13(16)10-4-3-5-11(14)8-10/h3-5,8,12-13H,2,6-7,9,15H2,1H3. The first-order chi connectivity index (χ1) is 7.70. The van der Waals surface area contributed by atoms with E-state index in [4.69, 9.17) is 17.3 Å². The van der Waals surface area contributed by atoms with Crippen LogP contribution in [0.4, 0.5) is 0 Å². The summed E-state index contributed by atoms with van der Waals surface area (Å²) < 4.78 is 0. The second kappa shape index (κ2) is 5.17. The van der Waals surface area contributed by atoms with Gasteiger partial charge in [-0.3, -0.25) is 4.90 Å². The number of likely N-dealkylation sites (tertiary alicyclic amines) is 1. The molecule has 2 nitrogen and oxygen atoms in total. The van der Waals surface area contributed by atoms with Crippen molar-refractivity contribution >= 4 is 11.6 Å². The van der Waals surface area contributed by atoms with Gasteiger partial charge in [-0.05, 0) is 37.1 Å². The van der Waals surface area contributed by atoms with Crippen molar-refractivity contribution < 1.29 is 0 Å². The summed E-state index contributed by atoms with van der Waals surface area (Å²) in [6, 6.07) is 8.92. The van der Waals surface area contributed by atoms with Crippen LogP contribution in [0.15, 0.2) is 24.3 Å². The minimum absolute atomic E-state index is 0.326. The molecule has 2 atom stereocenters. The molecule has 1 aliphatic rings. The number of halogens is 1. The molecule has 1 fully saturated rings. The quantitative estimate of drug-likeness (QED) is 0.859. The van der Waals surface area contributed by atoms with Crippen molar-refractivity contribution in [1.29, 1.82) is 0 Å². The molecule has 0 aliphatic carbocycles. The number of piperidine rings is 1. The second-order valence-corrected chi connectivity index (χ2v) is 4.92. The monoisotopic (exact) mass is 238 g/mol. The molecule has 16 heavy (non-hydrogen) atoms. The molecule has 0 radical (unpaired) electrons. The van der Waals surface area contributed by atoms with Crippen LogP contribution in [0.3, 0.4) is 0 Å². The van der Waals surface area contributed by atoms with Crippen molar-refractivity contribution in [3.8, 4) is 0 Å². The molecule has 1 aromatic carbocycles. The number of hydrogen-bond acceptors (Lipinski definition) is 2. The van der Waals surface area contributed by atoms with Crippen LogP contribution < -0.4 is 5.73 Å². The summed E-state index contributed by atoms with van der Waals surface area (Å²) in [5.74, 6) is 0. The number of nitrogens with two attached hydrogens (primary N) is 1. The van der Waals surface area contributed by atoms with Gasteiger partial charge in [0.2, 0.25) is 0 Å². The van der Waals surface area contributed by atoms with Crippen molar-refractivity contribution in [3.05, 3.63) is 34.9 Å². The van der Waals surface area contributed by atoms with Gasteiger partial charge in [0.25, 0.3) is 0 Å². The van der Waals surface area contributed by atoms with Gasteiger partial charge in [0, 0.05) is 23.7 Å². The molecule has 2 rings (SSSR count). The van der Waals surface area contributed by atoms with E-state index < -0.39 is 0 Å². The Morgan fingerprint density at radius 1 is 1.50 bits per heavy atom. The van der Waals surface area contributed by atoms with Gasteiger partial charge in [-0.1, -0.05) is 30.7 Å². The molecular weight excluding hydrogens is 220 g/mol. The van der Waals surface area contributed by atoms with E-state index in [-0.39, 0.29) is 0 Å². The Morgan fingerprint density at radius 2 is 2.31 bits per heavy atom. The maximum absolute atomic E-state index is 6.06. The number of hydrogen-bond donors (Lipinski definition) is 1. The van der Waals surface area contributed by atoms with E-state index in [0.717, 1.165) is 31.0 Å². The van der Waals surface area contributed by atoms with Gasteiger partial charge >= 0.3 is 0 Å². The summed E-state index contributed by atoms with van der Waals surface area (Å²) in [5, 5.41) is 0.813. The summed E-state index contributed by atoms with van der Waals surface area (Å²) in [4.78, 5) is 2.48. The van der Waals surface area contributed by atoms with E-state index in [0.29, 0.717) is 12.1 Å². The summed E-state index contributed by atoms with van der Waals surface area (Å²) >= 11 is 6.04. The minimum atomic E-state index is 0.326. The Bertz CT molecular complexity index is 354. The third-order valence-corrected chi connectivity index (χ3v) is 3.63. The van der Waals surface area contributed by atoms with Gasteiger partial charge in [0.15, 0.2) is 0 Å². The molecule has 2 N–H and O–H groups in total. The van der Waals surface area contributed by atoms with Crippen molar-refractivity contribution in [3.63, 3.8) is 0 Å². The third-order valence-electron chi connectivity index (χ3n) is 3.39. The van der Waals surface area contributed by atoms with E-state index in [1.807, 2.05) is 12.1 Å². The van der Waals surface area contributed by atoms with Crippen LogP contribution in [0.2, 0.25) is 5.02 Å². The molecule has 1 heterocycles. The molecule has 0 spiro atoms. The van der Waals surface area contributed by atoms with Crippen LogP contribution >= 0.6 is 11.6 Å². The highest BCUT2D eigenvalue weighted by atomic mass is 35.5. The molecular formula is C13H19ClN2. The van der Waals surface area contributed by atoms with Crippen LogP contribution in [0, 0.1) is 0 Å². The zero-order valence-corrected chi connectivity index (χ0v) is 10.5. The second-order valence-electron chi connectivity index (χ2n) is 4.48. The minimum Gasteiger partial charge on any atom is -0.328 e. The number of rotatable bonds is 2. The Hall–Kier alpha value is -0.570. The zero-order chi connectivity index (χ0) is 11.5. The zero-order valence-electron chi connectivity index (χ0n) is 9.70. The SMILES string of the molecule is CCN1CCC(N)CC1c1cccc(Cl)c1. The summed E-state index contributed by atoms with van der Waals surface area (Å²) in [6.45, 7) is 4.37. The molecule has 1 aliphatic heterocycles. The van der Waals surface area contributed by atoms with E-state index in [1.54, 1.807) is 0 Å². The Balaban J connectivity index is 2.22. The van der Waals surface area contributed by atoms with Crippen molar-refractivity contribution in [2.45, 2.75) is 31.8 Å². The van der Waals surface area contributed by atoms with Crippen molar-refractivity contribution in [1.82, 2.24) is 4.90 Å². The largest absolute Gasteiger partial charge is 0.328 e. The Morgan fingerprint density at radius 3 is 3.00 bits per heavy atom. The number of benzene rings is 1. The molecule has 0 aromatic heterocycles. The molecule has 0 bridgehead atoms. The van der Waals surface area contributed by atoms with Crippen molar-refractivity contribution in [2.24, 2.45) is 5.73 Å². The first-order valence-corrected chi connectivity index (χ1v) is 6.33. The Labute approximate surface area is 102 Å². The van der Waals surface area contributed by atoms with Gasteiger partial charge in [-0.25, -0.2) is 0 Å². The van der Waals surface area contributed by atoms with Crippen LogP contribution in [0.1, 0.15) is 31.4 Å². The van der Waals surface area contributed by atoms with Gasteiger partial charge in [-0.2, -0.15) is 0 Å². The average molecular weight is 239 g/mol. The van der Waals surface area contributed by atoms with E-state index in [1.165, 1.54) is 5.56 Å². The molecule has 0 amide bonds. The predicted molar refractivity (Wildman–Crippen MR) is 68.6 cm³/mol. The first kappa shape index (κ1) is 11.9. The summed E-state index contributed by atoms with van der Waals surface area (Å²) in [6.07, 6.45) is 2.14. The van der Waals surface area contributed by atoms with Crippen LogP contribution in [0.25, 0.3) is 0 Å². The summed E-state index contributed by atoms with van der Waals surface area (Å²) in [7, 11) is 0. The average Bonchev–Trinajstić information content (AvgIpc) is 2.29. The lowest BCUT2D eigenvalue weighted by Gasteiger charge is -2.38. The van der Waals surface area contributed by atoms with E-state index >= 15 is 0 Å². The lowest BCUT2D eigenvalue weighted by Crippen LogP contribution is -2.41. The lowest BCUT2D eigenvalue weighted by atomic mass is 9.92. The highest BCUT2D eigenvalue weighted by Gasteiger charge is 2.26. The molecule has 3 heteroatoms. The van der Waals surface area contributed by atoms with E-state index in [9.17, 15) is 0 Å². The molecule has 1 saturated heterocycles. The predicted octanol–water partition coefficient (Wildman–Crippen LogP) is 2.82. The smallest absolute Gasteiger partial charge is 0.0409 e. The molecule has 88 valence electrons. The normalized spacial score (nSPS) is 26.9. The fourth-order valence-corrected chi connectivity index (χ4v) is 2.68. The lowest BCUT2D eigenvalue weighted by molar-refractivity contribution is 0.143. The van der Waals surface area contributed by atoms with E-state index in [2.05, 4.69) is 24.0 Å². The van der Waals surface area contributed by atoms with Crippen molar-refractivity contribution in [2.75, 3.05) is 13.1 Å². The van der Waals surface area contributed by atoms with Gasteiger partial charge < -0.3 is 5.73 Å². The molecule has 1 aromatic rings. The number of nitrogens with zero attached hydrogens (tertiary/aromatic N) is 1.